The first-order chi connectivity index (χ1) is 12.1. The molecule has 25 heavy (non-hydrogen) atoms. The number of hydrogen-bond donors (Lipinski definition) is 3. The lowest BCUT2D eigenvalue weighted by atomic mass is 10.1. The van der Waals surface area contributed by atoms with E-state index in [1.54, 1.807) is 18.3 Å². The second kappa shape index (κ2) is 6.27. The Kier molecular flexibility index (Phi) is 3.95. The lowest BCUT2D eigenvalue weighted by Crippen LogP contribution is -2.33. The molecule has 0 radical (unpaired) electrons. The SMILES string of the molecule is Nc1nccc(-c2ccc(C(=O)N[C@@H]3c4ccccc4C[C@@H]3O)s2)n1. The molecule has 2 aromatic heterocycles. The number of rotatable bonds is 3. The Morgan fingerprint density at radius 3 is 2.92 bits per heavy atom. The molecule has 6 nitrogen and oxygen atoms in total. The summed E-state index contributed by atoms with van der Waals surface area (Å²) in [5, 5.41) is 13.2. The highest BCUT2D eigenvalue weighted by Crippen LogP contribution is 2.32. The topological polar surface area (TPSA) is 101 Å². The fourth-order valence-electron chi connectivity index (χ4n) is 3.07. The van der Waals surface area contributed by atoms with Crippen molar-refractivity contribution in [2.45, 2.75) is 18.6 Å². The van der Waals surface area contributed by atoms with Gasteiger partial charge in [0, 0.05) is 12.6 Å². The highest BCUT2D eigenvalue weighted by molar-refractivity contribution is 7.17. The molecule has 0 unspecified atom stereocenters. The van der Waals surface area contributed by atoms with Crippen LogP contribution in [0.25, 0.3) is 10.6 Å². The fraction of sp³-hybridized carbons (Fsp3) is 0.167. The minimum absolute atomic E-state index is 0.197. The van der Waals surface area contributed by atoms with Crippen LogP contribution in [0.3, 0.4) is 0 Å². The van der Waals surface area contributed by atoms with Gasteiger partial charge in [0.15, 0.2) is 0 Å². The van der Waals surface area contributed by atoms with Crippen LogP contribution in [0, 0.1) is 0 Å². The van der Waals surface area contributed by atoms with Crippen molar-refractivity contribution >= 4 is 23.2 Å². The summed E-state index contributed by atoms with van der Waals surface area (Å²) in [5.74, 6) is -0.0124. The Morgan fingerprint density at radius 1 is 1.24 bits per heavy atom. The molecular weight excluding hydrogens is 336 g/mol. The Labute approximate surface area is 148 Å². The van der Waals surface area contributed by atoms with E-state index in [0.717, 1.165) is 16.0 Å². The molecule has 0 aliphatic heterocycles. The number of aliphatic hydroxyl groups excluding tert-OH is 1. The van der Waals surface area contributed by atoms with E-state index < -0.39 is 6.10 Å². The number of fused-ring (bicyclic) bond motifs is 1. The van der Waals surface area contributed by atoms with Crippen molar-refractivity contribution in [2.24, 2.45) is 0 Å². The van der Waals surface area contributed by atoms with Crippen LogP contribution in [-0.4, -0.2) is 27.1 Å². The van der Waals surface area contributed by atoms with E-state index in [-0.39, 0.29) is 17.9 Å². The van der Waals surface area contributed by atoms with Crippen LogP contribution in [-0.2, 0) is 6.42 Å². The van der Waals surface area contributed by atoms with E-state index in [0.29, 0.717) is 17.0 Å². The van der Waals surface area contributed by atoms with Gasteiger partial charge in [0.2, 0.25) is 5.95 Å². The Morgan fingerprint density at radius 2 is 2.08 bits per heavy atom. The molecule has 1 aliphatic rings. The molecule has 126 valence electrons. The Hall–Kier alpha value is -2.77. The molecule has 7 heteroatoms. The molecule has 0 bridgehead atoms. The summed E-state index contributed by atoms with van der Waals surface area (Å²) >= 11 is 1.33. The summed E-state index contributed by atoms with van der Waals surface area (Å²) < 4.78 is 0. The smallest absolute Gasteiger partial charge is 0.261 e. The van der Waals surface area contributed by atoms with Crippen molar-refractivity contribution in [1.82, 2.24) is 15.3 Å². The number of nitrogen functional groups attached to an aromatic ring is 1. The number of nitrogens with two attached hydrogens (primary N) is 1. The van der Waals surface area contributed by atoms with E-state index in [1.807, 2.05) is 30.3 Å². The number of nitrogens with one attached hydrogen (secondary N) is 1. The predicted octanol–water partition coefficient (Wildman–Crippen LogP) is 2.18. The van der Waals surface area contributed by atoms with E-state index in [1.165, 1.54) is 11.3 Å². The van der Waals surface area contributed by atoms with Crippen LogP contribution in [0.5, 0.6) is 0 Å². The Balaban J connectivity index is 1.55. The molecule has 0 spiro atoms. The fourth-order valence-corrected chi connectivity index (χ4v) is 3.95. The molecule has 1 amide bonds. The molecule has 0 saturated heterocycles. The maximum absolute atomic E-state index is 12.6. The van der Waals surface area contributed by atoms with Gasteiger partial charge in [-0.05, 0) is 29.3 Å². The molecular formula is C18H16N4O2S. The van der Waals surface area contributed by atoms with Crippen molar-refractivity contribution in [3.05, 3.63) is 64.7 Å². The van der Waals surface area contributed by atoms with E-state index in [2.05, 4.69) is 15.3 Å². The minimum Gasteiger partial charge on any atom is -0.390 e. The number of hydrogen-bond acceptors (Lipinski definition) is 6. The summed E-state index contributed by atoms with van der Waals surface area (Å²) in [5.41, 5.74) is 8.34. The average Bonchev–Trinajstić information content (AvgIpc) is 3.21. The number of amides is 1. The first-order valence-corrected chi connectivity index (χ1v) is 8.69. The van der Waals surface area contributed by atoms with Gasteiger partial charge in [-0.3, -0.25) is 4.79 Å². The van der Waals surface area contributed by atoms with Gasteiger partial charge in [0.25, 0.3) is 5.91 Å². The quantitative estimate of drug-likeness (QED) is 0.671. The normalized spacial score (nSPS) is 18.8. The van der Waals surface area contributed by atoms with E-state index in [9.17, 15) is 9.90 Å². The van der Waals surface area contributed by atoms with Gasteiger partial charge in [-0.2, -0.15) is 0 Å². The van der Waals surface area contributed by atoms with Gasteiger partial charge in [0.1, 0.15) is 0 Å². The Bertz CT molecular complexity index is 940. The largest absolute Gasteiger partial charge is 0.390 e. The lowest BCUT2D eigenvalue weighted by molar-refractivity contribution is 0.0862. The summed E-state index contributed by atoms with van der Waals surface area (Å²) in [6, 6.07) is 12.7. The monoisotopic (exact) mass is 352 g/mol. The third kappa shape index (κ3) is 2.99. The summed E-state index contributed by atoms with van der Waals surface area (Å²) in [4.78, 5) is 22.0. The highest BCUT2D eigenvalue weighted by atomic mass is 32.1. The number of benzene rings is 1. The van der Waals surface area contributed by atoms with Crippen LogP contribution in [0.4, 0.5) is 5.95 Å². The molecule has 2 atom stereocenters. The molecule has 2 heterocycles. The molecule has 0 fully saturated rings. The van der Waals surface area contributed by atoms with Crippen LogP contribution < -0.4 is 11.1 Å². The van der Waals surface area contributed by atoms with Crippen molar-refractivity contribution in [2.75, 3.05) is 5.73 Å². The third-order valence-electron chi connectivity index (χ3n) is 4.25. The maximum atomic E-state index is 12.6. The van der Waals surface area contributed by atoms with E-state index in [4.69, 9.17) is 5.73 Å². The van der Waals surface area contributed by atoms with Gasteiger partial charge in [-0.15, -0.1) is 11.3 Å². The number of thiophene rings is 1. The number of carbonyl (C=O) groups is 1. The highest BCUT2D eigenvalue weighted by Gasteiger charge is 2.32. The molecule has 3 aromatic rings. The van der Waals surface area contributed by atoms with Crippen LogP contribution in [0.15, 0.2) is 48.7 Å². The van der Waals surface area contributed by atoms with Gasteiger partial charge in [-0.25, -0.2) is 9.97 Å². The van der Waals surface area contributed by atoms with Crippen LogP contribution >= 0.6 is 11.3 Å². The maximum Gasteiger partial charge on any atom is 0.261 e. The number of anilines is 1. The summed E-state index contributed by atoms with van der Waals surface area (Å²) in [6.45, 7) is 0. The molecule has 4 N–H and O–H groups in total. The van der Waals surface area contributed by atoms with Gasteiger partial charge >= 0.3 is 0 Å². The predicted molar refractivity (Wildman–Crippen MR) is 96.1 cm³/mol. The third-order valence-corrected chi connectivity index (χ3v) is 5.35. The van der Waals surface area contributed by atoms with Crippen molar-refractivity contribution < 1.29 is 9.90 Å². The van der Waals surface area contributed by atoms with Crippen molar-refractivity contribution in [1.29, 1.82) is 0 Å². The zero-order valence-corrected chi connectivity index (χ0v) is 14.0. The summed E-state index contributed by atoms with van der Waals surface area (Å²) in [6.07, 6.45) is 1.53. The summed E-state index contributed by atoms with van der Waals surface area (Å²) in [7, 11) is 0. The van der Waals surface area contributed by atoms with Gasteiger partial charge in [0.05, 0.1) is 27.6 Å². The second-order valence-electron chi connectivity index (χ2n) is 5.89. The second-order valence-corrected chi connectivity index (χ2v) is 6.97. The van der Waals surface area contributed by atoms with Gasteiger partial charge in [-0.1, -0.05) is 24.3 Å². The molecule has 4 rings (SSSR count). The van der Waals surface area contributed by atoms with Crippen LogP contribution in [0.1, 0.15) is 26.8 Å². The number of aliphatic hydroxyl groups is 1. The first-order valence-electron chi connectivity index (χ1n) is 7.87. The molecule has 1 aliphatic carbocycles. The number of aromatic nitrogens is 2. The van der Waals surface area contributed by atoms with E-state index >= 15 is 0 Å². The van der Waals surface area contributed by atoms with Gasteiger partial charge < -0.3 is 16.2 Å². The zero-order valence-electron chi connectivity index (χ0n) is 13.2. The first kappa shape index (κ1) is 15.7. The number of nitrogens with zero attached hydrogens (tertiary/aromatic N) is 2. The number of carbonyl (C=O) groups excluding carboxylic acids is 1. The zero-order chi connectivity index (χ0) is 17.4. The standard InChI is InChI=1S/C18H16N4O2S/c19-18-20-8-7-12(21-18)14-5-6-15(25-14)17(24)22-16-11-4-2-1-3-10(11)9-13(16)23/h1-8,13,16,23H,9H2,(H,22,24)(H2,19,20,21)/t13-,16+/m0/s1. The van der Waals surface area contributed by atoms with Crippen molar-refractivity contribution in [3.8, 4) is 10.6 Å². The molecule has 1 aromatic carbocycles. The average molecular weight is 352 g/mol. The lowest BCUT2D eigenvalue weighted by Gasteiger charge is -2.17. The minimum atomic E-state index is -0.609. The molecule has 0 saturated carbocycles. The van der Waals surface area contributed by atoms with Crippen molar-refractivity contribution in [3.63, 3.8) is 0 Å². The van der Waals surface area contributed by atoms with Crippen LogP contribution in [0.2, 0.25) is 0 Å².